The van der Waals surface area contributed by atoms with Crippen LogP contribution in [0.2, 0.25) is 0 Å². The second-order valence-electron chi connectivity index (χ2n) is 9.35. The van der Waals surface area contributed by atoms with E-state index in [0.29, 0.717) is 19.0 Å². The monoisotopic (exact) mass is 383 g/mol. The molecular weight excluding hydrogens is 350 g/mol. The van der Waals surface area contributed by atoms with Crippen LogP contribution < -0.4 is 0 Å². The first-order chi connectivity index (χ1) is 13.5. The van der Waals surface area contributed by atoms with Crippen LogP contribution in [0.3, 0.4) is 0 Å². The fraction of sp³-hybridized carbons (Fsp3) is 0.625. The van der Waals surface area contributed by atoms with Gasteiger partial charge < -0.3 is 9.84 Å². The van der Waals surface area contributed by atoms with Gasteiger partial charge in [-0.2, -0.15) is 0 Å². The molecule has 0 spiro atoms. The Morgan fingerprint density at radius 3 is 2.86 bits per heavy atom. The smallest absolute Gasteiger partial charge is 0.310 e. The molecule has 0 unspecified atom stereocenters. The fourth-order valence-electron chi connectivity index (χ4n) is 5.96. The molecular formula is C24H33NO3. The maximum absolute atomic E-state index is 12.8. The zero-order valence-corrected chi connectivity index (χ0v) is 17.0. The summed E-state index contributed by atoms with van der Waals surface area (Å²) >= 11 is 0. The molecule has 1 heterocycles. The molecule has 1 N–H and O–H groups in total. The molecule has 3 aliphatic rings. The molecule has 1 aliphatic heterocycles. The van der Waals surface area contributed by atoms with Gasteiger partial charge in [0.1, 0.15) is 6.10 Å². The lowest BCUT2D eigenvalue weighted by Crippen LogP contribution is -2.45. The molecule has 0 radical (unpaired) electrons. The van der Waals surface area contributed by atoms with Crippen molar-refractivity contribution in [1.82, 2.24) is 4.90 Å². The lowest BCUT2D eigenvalue weighted by atomic mass is 9.55. The highest BCUT2D eigenvalue weighted by atomic mass is 16.6. The normalized spacial score (nSPS) is 34.8. The maximum atomic E-state index is 12.8. The van der Waals surface area contributed by atoms with Crippen molar-refractivity contribution in [2.24, 2.45) is 23.2 Å². The number of hydrogen-bond donors (Lipinski definition) is 1. The number of nitrogens with zero attached hydrogens (tertiary/aromatic N) is 1. The molecule has 4 heteroatoms. The van der Waals surface area contributed by atoms with E-state index in [1.807, 2.05) is 18.2 Å². The maximum Gasteiger partial charge on any atom is 0.310 e. The van der Waals surface area contributed by atoms with Gasteiger partial charge in [0, 0.05) is 25.6 Å². The van der Waals surface area contributed by atoms with Crippen molar-refractivity contribution in [3.8, 4) is 0 Å². The van der Waals surface area contributed by atoms with Crippen molar-refractivity contribution in [2.45, 2.75) is 51.7 Å². The van der Waals surface area contributed by atoms with E-state index >= 15 is 0 Å². The summed E-state index contributed by atoms with van der Waals surface area (Å²) in [7, 11) is 0. The molecule has 1 aromatic carbocycles. The quantitative estimate of drug-likeness (QED) is 0.600. The minimum atomic E-state index is -0.0976. The highest BCUT2D eigenvalue weighted by Gasteiger charge is 2.55. The number of carbonyl (C=O) groups excluding carboxylic acids is 1. The number of aliphatic hydroxyl groups excluding tert-OH is 1. The van der Waals surface area contributed by atoms with Crippen molar-refractivity contribution in [3.05, 3.63) is 48.0 Å². The van der Waals surface area contributed by atoms with Gasteiger partial charge in [0.2, 0.25) is 0 Å². The lowest BCUT2D eigenvalue weighted by Gasteiger charge is -2.50. The summed E-state index contributed by atoms with van der Waals surface area (Å²) in [6.45, 7) is 8.82. The highest BCUT2D eigenvalue weighted by molar-refractivity contribution is 5.75. The second-order valence-corrected chi connectivity index (χ2v) is 9.35. The third-order valence-electron chi connectivity index (χ3n) is 7.44. The Morgan fingerprint density at radius 1 is 1.32 bits per heavy atom. The molecule has 28 heavy (non-hydrogen) atoms. The Morgan fingerprint density at radius 2 is 2.11 bits per heavy atom. The molecule has 2 aliphatic carbocycles. The summed E-state index contributed by atoms with van der Waals surface area (Å²) in [6, 6.07) is 10.3. The van der Waals surface area contributed by atoms with E-state index in [-0.39, 0.29) is 35.9 Å². The van der Waals surface area contributed by atoms with Crippen molar-refractivity contribution in [3.63, 3.8) is 0 Å². The SMILES string of the molecule is C=C1CCC[C@]2(C)C[C@H]3OC(=O)[C@H](CN(CCO)Cc4ccccc4)[C@H]3C[C@@H]12. The van der Waals surface area contributed by atoms with E-state index in [4.69, 9.17) is 4.74 Å². The summed E-state index contributed by atoms with van der Waals surface area (Å²) in [5.74, 6) is 0.649. The summed E-state index contributed by atoms with van der Waals surface area (Å²) in [6.07, 6.45) is 5.60. The van der Waals surface area contributed by atoms with Crippen molar-refractivity contribution in [1.29, 1.82) is 0 Å². The summed E-state index contributed by atoms with van der Waals surface area (Å²) in [4.78, 5) is 15.0. The molecule has 1 saturated heterocycles. The number of carbonyl (C=O) groups is 1. The number of allylic oxidation sites excluding steroid dienone is 1. The van der Waals surface area contributed by atoms with Gasteiger partial charge >= 0.3 is 5.97 Å². The molecule has 0 bridgehead atoms. The average molecular weight is 384 g/mol. The number of benzene rings is 1. The molecule has 152 valence electrons. The van der Waals surface area contributed by atoms with E-state index in [1.165, 1.54) is 24.0 Å². The van der Waals surface area contributed by atoms with Crippen LogP contribution in [0.5, 0.6) is 0 Å². The summed E-state index contributed by atoms with van der Waals surface area (Å²) in [5.41, 5.74) is 2.82. The Balaban J connectivity index is 1.49. The van der Waals surface area contributed by atoms with Crippen LogP contribution in [0.15, 0.2) is 42.5 Å². The van der Waals surface area contributed by atoms with Crippen molar-refractivity contribution < 1.29 is 14.6 Å². The first-order valence-electron chi connectivity index (χ1n) is 10.8. The van der Waals surface area contributed by atoms with Crippen LogP contribution in [-0.2, 0) is 16.1 Å². The van der Waals surface area contributed by atoms with Crippen LogP contribution in [0, 0.1) is 23.2 Å². The Labute approximate surface area is 168 Å². The minimum Gasteiger partial charge on any atom is -0.462 e. The van der Waals surface area contributed by atoms with Gasteiger partial charge in [-0.3, -0.25) is 9.69 Å². The van der Waals surface area contributed by atoms with E-state index in [1.54, 1.807) is 0 Å². The van der Waals surface area contributed by atoms with Crippen LogP contribution >= 0.6 is 0 Å². The van der Waals surface area contributed by atoms with E-state index in [0.717, 1.165) is 25.8 Å². The van der Waals surface area contributed by atoms with Gasteiger partial charge in [0.15, 0.2) is 0 Å². The Kier molecular flexibility index (Phi) is 5.62. The Bertz CT molecular complexity index is 718. The molecule has 1 aromatic rings. The first kappa shape index (κ1) is 19.7. The predicted octanol–water partition coefficient (Wildman–Crippen LogP) is 3.80. The zero-order valence-electron chi connectivity index (χ0n) is 17.0. The Hall–Kier alpha value is -1.65. The zero-order chi connectivity index (χ0) is 19.7. The van der Waals surface area contributed by atoms with Gasteiger partial charge in [-0.25, -0.2) is 0 Å². The summed E-state index contributed by atoms with van der Waals surface area (Å²) < 4.78 is 5.90. The van der Waals surface area contributed by atoms with Crippen molar-refractivity contribution >= 4 is 5.97 Å². The van der Waals surface area contributed by atoms with E-state index < -0.39 is 0 Å². The lowest BCUT2D eigenvalue weighted by molar-refractivity contribution is -0.146. The number of ether oxygens (including phenoxy) is 1. The molecule has 0 amide bonds. The number of fused-ring (bicyclic) bond motifs is 2. The molecule has 4 rings (SSSR count). The second kappa shape index (κ2) is 8.00. The van der Waals surface area contributed by atoms with Crippen LogP contribution in [0.4, 0.5) is 0 Å². The van der Waals surface area contributed by atoms with Crippen LogP contribution in [-0.4, -0.2) is 41.8 Å². The van der Waals surface area contributed by atoms with Gasteiger partial charge in [-0.05, 0) is 49.0 Å². The minimum absolute atomic E-state index is 0.0427. The number of aliphatic hydroxyl groups is 1. The van der Waals surface area contributed by atoms with Gasteiger partial charge in [-0.1, -0.05) is 49.4 Å². The van der Waals surface area contributed by atoms with Gasteiger partial charge in [-0.15, -0.1) is 0 Å². The average Bonchev–Trinajstić information content (AvgIpc) is 2.95. The fourth-order valence-corrected chi connectivity index (χ4v) is 5.96. The largest absolute Gasteiger partial charge is 0.462 e. The molecule has 5 atom stereocenters. The molecule has 4 nitrogen and oxygen atoms in total. The third-order valence-corrected chi connectivity index (χ3v) is 7.44. The number of rotatable bonds is 6. The summed E-state index contributed by atoms with van der Waals surface area (Å²) in [5, 5.41) is 9.54. The highest BCUT2D eigenvalue weighted by Crippen LogP contribution is 2.56. The van der Waals surface area contributed by atoms with Crippen molar-refractivity contribution in [2.75, 3.05) is 19.7 Å². The molecule has 0 aromatic heterocycles. The molecule has 2 saturated carbocycles. The standard InChI is InChI=1S/C24H33NO3/c1-17-7-6-10-24(2)14-22-19(13-21(17)24)20(23(27)28-22)16-25(11-12-26)15-18-8-4-3-5-9-18/h3-5,8-9,19-22,26H,1,6-7,10-16H2,2H3/t19-,20-,21+,22-,24-/m1/s1. The molecule has 3 fully saturated rings. The number of esters is 1. The number of hydrogen-bond acceptors (Lipinski definition) is 4. The first-order valence-corrected chi connectivity index (χ1v) is 10.8. The third kappa shape index (κ3) is 3.77. The topological polar surface area (TPSA) is 49.8 Å². The predicted molar refractivity (Wildman–Crippen MR) is 109 cm³/mol. The van der Waals surface area contributed by atoms with Crippen LogP contribution in [0.1, 0.15) is 44.6 Å². The van der Waals surface area contributed by atoms with Gasteiger partial charge in [0.05, 0.1) is 12.5 Å². The van der Waals surface area contributed by atoms with Crippen LogP contribution in [0.25, 0.3) is 0 Å². The van der Waals surface area contributed by atoms with E-state index in [2.05, 4.69) is 30.5 Å². The van der Waals surface area contributed by atoms with Gasteiger partial charge in [0.25, 0.3) is 0 Å². The van der Waals surface area contributed by atoms with E-state index in [9.17, 15) is 9.90 Å².